The number of carboxylic acid groups (broad SMARTS) is 1. The number of nitrogens with zero attached hydrogens (tertiary/aromatic N) is 2. The summed E-state index contributed by atoms with van der Waals surface area (Å²) in [4.78, 5) is 23.7. The van der Waals surface area contributed by atoms with E-state index in [2.05, 4.69) is 10.4 Å². The smallest absolute Gasteiger partial charge is 0.326 e. The molecule has 2 aromatic rings. The average molecular weight is 350 g/mol. The standard InChI is InChI=1S/C17H20ClN3O3/c1-3-4-5-15(17(23)24)20-16(22)14-10-19-21(11(14)2)13-8-6-12(18)7-9-13/h6-10,15H,3-5H2,1-2H3,(H,20,22)(H,23,24)/t15-/m0/s1. The monoisotopic (exact) mass is 349 g/mol. The zero-order valence-electron chi connectivity index (χ0n) is 13.6. The molecular weight excluding hydrogens is 330 g/mol. The third kappa shape index (κ3) is 4.14. The maximum absolute atomic E-state index is 12.4. The van der Waals surface area contributed by atoms with Crippen LogP contribution in [-0.2, 0) is 4.79 Å². The summed E-state index contributed by atoms with van der Waals surface area (Å²) in [5, 5.41) is 16.6. The van der Waals surface area contributed by atoms with E-state index in [0.717, 1.165) is 18.5 Å². The number of hydrogen-bond acceptors (Lipinski definition) is 3. The number of unbranched alkanes of at least 4 members (excludes halogenated alkanes) is 1. The van der Waals surface area contributed by atoms with Gasteiger partial charge in [-0.05, 0) is 37.6 Å². The summed E-state index contributed by atoms with van der Waals surface area (Å²) in [6, 6.07) is 6.18. The van der Waals surface area contributed by atoms with Crippen molar-refractivity contribution in [1.29, 1.82) is 0 Å². The Morgan fingerprint density at radius 1 is 1.33 bits per heavy atom. The van der Waals surface area contributed by atoms with E-state index < -0.39 is 17.9 Å². The SMILES string of the molecule is CCCC[C@H](NC(=O)c1cnn(-c2ccc(Cl)cc2)c1C)C(=O)O. The van der Waals surface area contributed by atoms with Crippen LogP contribution in [0, 0.1) is 6.92 Å². The number of carbonyl (C=O) groups is 2. The Bertz CT molecular complexity index is 725. The quantitative estimate of drug-likeness (QED) is 0.803. The molecule has 0 aliphatic carbocycles. The fraction of sp³-hybridized carbons (Fsp3) is 0.353. The maximum Gasteiger partial charge on any atom is 0.326 e. The fourth-order valence-electron chi connectivity index (χ4n) is 2.38. The van der Waals surface area contributed by atoms with Gasteiger partial charge in [-0.1, -0.05) is 31.4 Å². The number of hydrogen-bond donors (Lipinski definition) is 2. The molecule has 0 aliphatic heterocycles. The third-order valence-electron chi connectivity index (χ3n) is 3.78. The highest BCUT2D eigenvalue weighted by Crippen LogP contribution is 2.17. The van der Waals surface area contributed by atoms with Crippen molar-refractivity contribution in [3.05, 3.63) is 46.7 Å². The van der Waals surface area contributed by atoms with Gasteiger partial charge in [-0.2, -0.15) is 5.10 Å². The highest BCUT2D eigenvalue weighted by atomic mass is 35.5. The molecule has 7 heteroatoms. The number of nitrogens with one attached hydrogen (secondary N) is 1. The van der Waals surface area contributed by atoms with Gasteiger partial charge in [0, 0.05) is 5.02 Å². The van der Waals surface area contributed by atoms with Crippen LogP contribution in [0.3, 0.4) is 0 Å². The van der Waals surface area contributed by atoms with Gasteiger partial charge in [0.15, 0.2) is 0 Å². The molecule has 2 rings (SSSR count). The van der Waals surface area contributed by atoms with E-state index in [0.29, 0.717) is 22.7 Å². The summed E-state index contributed by atoms with van der Waals surface area (Å²) in [6.45, 7) is 3.74. The van der Waals surface area contributed by atoms with Crippen LogP contribution in [0.4, 0.5) is 0 Å². The van der Waals surface area contributed by atoms with Gasteiger partial charge in [-0.3, -0.25) is 4.79 Å². The van der Waals surface area contributed by atoms with E-state index in [-0.39, 0.29) is 0 Å². The van der Waals surface area contributed by atoms with E-state index in [9.17, 15) is 14.7 Å². The first-order chi connectivity index (χ1) is 11.4. The third-order valence-corrected chi connectivity index (χ3v) is 4.03. The molecule has 0 bridgehead atoms. The lowest BCUT2D eigenvalue weighted by Crippen LogP contribution is -2.40. The second-order valence-electron chi connectivity index (χ2n) is 5.54. The van der Waals surface area contributed by atoms with Crippen molar-refractivity contribution < 1.29 is 14.7 Å². The lowest BCUT2D eigenvalue weighted by atomic mass is 10.1. The van der Waals surface area contributed by atoms with E-state index >= 15 is 0 Å². The summed E-state index contributed by atoms with van der Waals surface area (Å²) in [5.41, 5.74) is 1.76. The lowest BCUT2D eigenvalue weighted by molar-refractivity contribution is -0.139. The lowest BCUT2D eigenvalue weighted by Gasteiger charge is -2.14. The molecule has 0 spiro atoms. The van der Waals surface area contributed by atoms with Gasteiger partial charge in [-0.25, -0.2) is 9.48 Å². The minimum atomic E-state index is -1.03. The number of rotatable bonds is 7. The summed E-state index contributed by atoms with van der Waals surface area (Å²) in [6.07, 6.45) is 3.45. The number of carbonyl (C=O) groups excluding carboxylic acids is 1. The summed E-state index contributed by atoms with van der Waals surface area (Å²) in [5.74, 6) is -1.46. The van der Waals surface area contributed by atoms with Gasteiger partial charge in [-0.15, -0.1) is 0 Å². The van der Waals surface area contributed by atoms with Crippen molar-refractivity contribution >= 4 is 23.5 Å². The summed E-state index contributed by atoms with van der Waals surface area (Å²) < 4.78 is 1.62. The molecule has 1 atom stereocenters. The predicted octanol–water partition coefficient (Wildman–Crippen LogP) is 3.21. The van der Waals surface area contributed by atoms with E-state index in [1.54, 1.807) is 35.9 Å². The number of aromatic nitrogens is 2. The largest absolute Gasteiger partial charge is 0.480 e. The number of benzene rings is 1. The zero-order valence-corrected chi connectivity index (χ0v) is 14.4. The molecule has 0 fully saturated rings. The van der Waals surface area contributed by atoms with Crippen LogP contribution in [0.5, 0.6) is 0 Å². The van der Waals surface area contributed by atoms with Gasteiger partial charge in [0.2, 0.25) is 0 Å². The number of aliphatic carboxylic acids is 1. The molecule has 1 aromatic carbocycles. The topological polar surface area (TPSA) is 84.2 Å². The summed E-state index contributed by atoms with van der Waals surface area (Å²) in [7, 11) is 0. The molecule has 24 heavy (non-hydrogen) atoms. The van der Waals surface area contributed by atoms with Crippen molar-refractivity contribution in [3.63, 3.8) is 0 Å². The molecule has 0 unspecified atom stereocenters. The van der Waals surface area contributed by atoms with Gasteiger partial charge in [0.05, 0.1) is 23.1 Å². The normalized spacial score (nSPS) is 12.0. The second kappa shape index (κ2) is 7.97. The molecule has 128 valence electrons. The minimum Gasteiger partial charge on any atom is -0.480 e. The van der Waals surface area contributed by atoms with Crippen molar-refractivity contribution in [1.82, 2.24) is 15.1 Å². The van der Waals surface area contributed by atoms with Crippen molar-refractivity contribution in [3.8, 4) is 5.69 Å². The first-order valence-electron chi connectivity index (χ1n) is 7.78. The summed E-state index contributed by atoms with van der Waals surface area (Å²) >= 11 is 5.87. The number of halogens is 1. The molecule has 1 heterocycles. The van der Waals surface area contributed by atoms with Crippen LogP contribution in [0.15, 0.2) is 30.5 Å². The van der Waals surface area contributed by atoms with Crippen molar-refractivity contribution in [2.24, 2.45) is 0 Å². The molecule has 0 radical (unpaired) electrons. The van der Waals surface area contributed by atoms with Gasteiger partial charge < -0.3 is 10.4 Å². The first kappa shape index (κ1) is 18.0. The Morgan fingerprint density at radius 3 is 2.58 bits per heavy atom. The Morgan fingerprint density at radius 2 is 2.00 bits per heavy atom. The van der Waals surface area contributed by atoms with Crippen LogP contribution in [0.1, 0.15) is 42.2 Å². The fourth-order valence-corrected chi connectivity index (χ4v) is 2.50. The second-order valence-corrected chi connectivity index (χ2v) is 5.97. The number of carboxylic acids is 1. The Hall–Kier alpha value is -2.34. The highest BCUT2D eigenvalue weighted by molar-refractivity contribution is 6.30. The highest BCUT2D eigenvalue weighted by Gasteiger charge is 2.22. The van der Waals surface area contributed by atoms with Gasteiger partial charge in [0.1, 0.15) is 6.04 Å². The molecular formula is C17H20ClN3O3. The van der Waals surface area contributed by atoms with Crippen molar-refractivity contribution in [2.75, 3.05) is 0 Å². The molecule has 0 saturated heterocycles. The zero-order chi connectivity index (χ0) is 17.7. The predicted molar refractivity (Wildman–Crippen MR) is 91.7 cm³/mol. The van der Waals surface area contributed by atoms with E-state index in [4.69, 9.17) is 11.6 Å². The molecule has 6 nitrogen and oxygen atoms in total. The maximum atomic E-state index is 12.4. The van der Waals surface area contributed by atoms with Crippen LogP contribution in [-0.4, -0.2) is 32.8 Å². The molecule has 1 amide bonds. The van der Waals surface area contributed by atoms with Crippen LogP contribution < -0.4 is 5.32 Å². The first-order valence-corrected chi connectivity index (χ1v) is 8.16. The minimum absolute atomic E-state index is 0.354. The van der Waals surface area contributed by atoms with E-state index in [1.807, 2.05) is 6.92 Å². The molecule has 1 aromatic heterocycles. The Kier molecular flexibility index (Phi) is 5.98. The molecule has 0 saturated carbocycles. The van der Waals surface area contributed by atoms with Crippen LogP contribution in [0.25, 0.3) is 5.69 Å². The van der Waals surface area contributed by atoms with Crippen LogP contribution in [0.2, 0.25) is 5.02 Å². The Balaban J connectivity index is 2.18. The van der Waals surface area contributed by atoms with Gasteiger partial charge >= 0.3 is 5.97 Å². The average Bonchev–Trinajstić information content (AvgIpc) is 2.93. The molecule has 0 aliphatic rings. The molecule has 2 N–H and O–H groups in total. The van der Waals surface area contributed by atoms with Crippen LogP contribution >= 0.6 is 11.6 Å². The Labute approximate surface area is 145 Å². The van der Waals surface area contributed by atoms with Gasteiger partial charge in [0.25, 0.3) is 5.91 Å². The van der Waals surface area contributed by atoms with E-state index in [1.165, 1.54) is 6.20 Å². The number of amides is 1. The van der Waals surface area contributed by atoms with Crippen molar-refractivity contribution in [2.45, 2.75) is 39.2 Å².